The summed E-state index contributed by atoms with van der Waals surface area (Å²) in [4.78, 5) is 26.0. The Hall–Kier alpha value is -4.92. The zero-order chi connectivity index (χ0) is 25.9. The highest BCUT2D eigenvalue weighted by atomic mass is 16.5. The molecule has 0 aliphatic heterocycles. The van der Waals surface area contributed by atoms with E-state index in [1.807, 2.05) is 54.7 Å². The number of carbonyl (C=O) groups is 1. The minimum absolute atomic E-state index is 0.273. The van der Waals surface area contributed by atoms with Crippen molar-refractivity contribution in [2.45, 2.75) is 6.54 Å². The molecular formula is C28H24N4O5. The van der Waals surface area contributed by atoms with Crippen molar-refractivity contribution in [2.75, 3.05) is 21.3 Å². The number of rotatable bonds is 8. The van der Waals surface area contributed by atoms with Crippen LogP contribution in [0.1, 0.15) is 10.4 Å². The highest BCUT2D eigenvalue weighted by Crippen LogP contribution is 2.38. The minimum Gasteiger partial charge on any atom is -0.493 e. The number of fused-ring (bicyclic) bond motifs is 1. The third kappa shape index (κ3) is 4.42. The topological polar surface area (TPSA) is 97.0 Å². The van der Waals surface area contributed by atoms with Crippen LogP contribution < -0.4 is 19.8 Å². The third-order valence-electron chi connectivity index (χ3n) is 5.99. The molecule has 0 aliphatic carbocycles. The van der Waals surface area contributed by atoms with E-state index in [0.717, 1.165) is 27.0 Å². The fraction of sp³-hybridized carbons (Fsp3) is 0.143. The van der Waals surface area contributed by atoms with Gasteiger partial charge in [-0.25, -0.2) is 9.20 Å². The molecule has 5 aromatic rings. The predicted molar refractivity (Wildman–Crippen MR) is 139 cm³/mol. The molecule has 2 aromatic carbocycles. The summed E-state index contributed by atoms with van der Waals surface area (Å²) in [6.07, 6.45) is 1.86. The lowest BCUT2D eigenvalue weighted by atomic mass is 10.0. The Kier molecular flexibility index (Phi) is 6.42. The number of pyridine rings is 1. The fourth-order valence-electron chi connectivity index (χ4n) is 4.21. The summed E-state index contributed by atoms with van der Waals surface area (Å²) >= 11 is 0. The van der Waals surface area contributed by atoms with Crippen molar-refractivity contribution in [1.29, 1.82) is 0 Å². The highest BCUT2D eigenvalue weighted by Gasteiger charge is 2.20. The van der Waals surface area contributed by atoms with E-state index < -0.39 is 5.56 Å². The van der Waals surface area contributed by atoms with Gasteiger partial charge in [0.15, 0.2) is 17.3 Å². The average Bonchev–Trinajstić information content (AvgIpc) is 3.33. The van der Waals surface area contributed by atoms with E-state index in [4.69, 9.17) is 19.3 Å². The second kappa shape index (κ2) is 9.98. The van der Waals surface area contributed by atoms with Gasteiger partial charge in [0.1, 0.15) is 12.2 Å². The molecule has 0 spiro atoms. The molecule has 0 atom stereocenters. The van der Waals surface area contributed by atoms with E-state index in [2.05, 4.69) is 5.10 Å². The van der Waals surface area contributed by atoms with Gasteiger partial charge in [0.2, 0.25) is 5.75 Å². The zero-order valence-corrected chi connectivity index (χ0v) is 20.5. The molecule has 0 bridgehead atoms. The fourth-order valence-corrected chi connectivity index (χ4v) is 4.21. The lowest BCUT2D eigenvalue weighted by molar-refractivity contribution is 0.0965. The molecule has 5 rings (SSSR count). The van der Waals surface area contributed by atoms with E-state index in [0.29, 0.717) is 28.5 Å². The number of aromatic nitrogens is 4. The minimum atomic E-state index is -0.401. The first kappa shape index (κ1) is 23.8. The van der Waals surface area contributed by atoms with Crippen LogP contribution in [0.4, 0.5) is 0 Å². The summed E-state index contributed by atoms with van der Waals surface area (Å²) < 4.78 is 19.0. The number of methoxy groups -OCH3 is 3. The molecule has 0 saturated heterocycles. The predicted octanol–water partition coefficient (Wildman–Crippen LogP) is 4.13. The number of carbonyl (C=O) groups excluding carboxylic acids is 1. The van der Waals surface area contributed by atoms with E-state index >= 15 is 0 Å². The van der Waals surface area contributed by atoms with Crippen molar-refractivity contribution < 1.29 is 19.0 Å². The molecule has 0 N–H and O–H groups in total. The molecule has 3 heterocycles. The first-order valence-corrected chi connectivity index (χ1v) is 11.5. The Morgan fingerprint density at radius 1 is 0.838 bits per heavy atom. The smallest absolute Gasteiger partial charge is 0.267 e. The first-order valence-electron chi connectivity index (χ1n) is 11.5. The van der Waals surface area contributed by atoms with Gasteiger partial charge in [-0.1, -0.05) is 36.4 Å². The monoisotopic (exact) mass is 496 g/mol. The van der Waals surface area contributed by atoms with Gasteiger partial charge < -0.3 is 14.2 Å². The summed E-state index contributed by atoms with van der Waals surface area (Å²) in [6, 6.07) is 21.7. The van der Waals surface area contributed by atoms with E-state index in [9.17, 15) is 9.59 Å². The second-order valence-corrected chi connectivity index (χ2v) is 8.17. The molecule has 0 radical (unpaired) electrons. The van der Waals surface area contributed by atoms with Crippen molar-refractivity contribution in [2.24, 2.45) is 0 Å². The van der Waals surface area contributed by atoms with E-state index in [1.165, 1.54) is 27.4 Å². The van der Waals surface area contributed by atoms with Crippen LogP contribution in [0.5, 0.6) is 17.2 Å². The zero-order valence-electron chi connectivity index (χ0n) is 20.5. The van der Waals surface area contributed by atoms with Crippen molar-refractivity contribution in [3.05, 3.63) is 94.9 Å². The number of hydrogen-bond acceptors (Lipinski definition) is 7. The lowest BCUT2D eigenvalue weighted by Gasteiger charge is -2.14. The third-order valence-corrected chi connectivity index (χ3v) is 5.99. The van der Waals surface area contributed by atoms with Gasteiger partial charge in [-0.15, -0.1) is 0 Å². The molecule has 37 heavy (non-hydrogen) atoms. The average molecular weight is 497 g/mol. The number of benzene rings is 2. The maximum Gasteiger partial charge on any atom is 0.267 e. The first-order chi connectivity index (χ1) is 18.0. The van der Waals surface area contributed by atoms with Crippen LogP contribution >= 0.6 is 0 Å². The van der Waals surface area contributed by atoms with Gasteiger partial charge >= 0.3 is 0 Å². The van der Waals surface area contributed by atoms with Gasteiger partial charge in [-0.2, -0.15) is 10.2 Å². The summed E-state index contributed by atoms with van der Waals surface area (Å²) in [5.41, 5.74) is 3.65. The van der Waals surface area contributed by atoms with Crippen molar-refractivity contribution in [3.8, 4) is 39.8 Å². The number of nitrogens with zero attached hydrogens (tertiary/aromatic N) is 4. The normalized spacial score (nSPS) is 10.9. The summed E-state index contributed by atoms with van der Waals surface area (Å²) in [7, 11) is 4.43. The van der Waals surface area contributed by atoms with Crippen LogP contribution in [0.3, 0.4) is 0 Å². The van der Waals surface area contributed by atoms with Crippen molar-refractivity contribution in [3.63, 3.8) is 0 Å². The Morgan fingerprint density at radius 2 is 1.54 bits per heavy atom. The SMILES string of the molecule is COc1cc(C(=O)Cn2nc(-c3c(-c4ccccc4)nn4ccccc34)ccc2=O)cc(OC)c1OC. The van der Waals surface area contributed by atoms with Gasteiger partial charge in [-0.3, -0.25) is 9.59 Å². The molecule has 0 fully saturated rings. The molecule has 3 aromatic heterocycles. The Morgan fingerprint density at radius 3 is 2.22 bits per heavy atom. The number of Topliss-reactive ketones (excluding diaryl/α,β-unsaturated/α-hetero) is 1. The number of ether oxygens (including phenoxy) is 3. The van der Waals surface area contributed by atoms with Crippen LogP contribution in [-0.4, -0.2) is 46.5 Å². The van der Waals surface area contributed by atoms with Crippen molar-refractivity contribution >= 4 is 11.3 Å². The molecular weight excluding hydrogens is 472 g/mol. The van der Waals surface area contributed by atoms with Crippen molar-refractivity contribution in [1.82, 2.24) is 19.4 Å². The Balaban J connectivity index is 1.58. The summed E-state index contributed by atoms with van der Waals surface area (Å²) in [5.74, 6) is 0.728. The molecule has 0 amide bonds. The molecule has 0 aliphatic rings. The van der Waals surface area contributed by atoms with E-state index in [1.54, 1.807) is 22.7 Å². The second-order valence-electron chi connectivity index (χ2n) is 8.17. The molecule has 9 nitrogen and oxygen atoms in total. The lowest BCUT2D eigenvalue weighted by Crippen LogP contribution is -2.26. The van der Waals surface area contributed by atoms with Crippen LogP contribution in [0.15, 0.2) is 83.8 Å². The number of hydrogen-bond donors (Lipinski definition) is 0. The van der Waals surface area contributed by atoms with Gasteiger partial charge in [0.25, 0.3) is 5.56 Å². The molecule has 9 heteroatoms. The molecule has 186 valence electrons. The largest absolute Gasteiger partial charge is 0.493 e. The summed E-state index contributed by atoms with van der Waals surface area (Å²) in [6.45, 7) is -0.273. The number of ketones is 1. The standard InChI is InChI=1S/C28H24N4O5/c1-35-23-15-19(16-24(36-2)28(23)37-3)22(33)17-32-25(34)13-12-20(29-32)26-21-11-7-8-14-31(21)30-27(26)18-9-5-4-6-10-18/h4-16H,17H2,1-3H3. The quantitative estimate of drug-likeness (QED) is 0.298. The van der Waals surface area contributed by atoms with Gasteiger partial charge in [-0.05, 0) is 30.3 Å². The Labute approximate surface area is 212 Å². The Bertz CT molecular complexity index is 1630. The van der Waals surface area contributed by atoms with E-state index in [-0.39, 0.29) is 12.3 Å². The van der Waals surface area contributed by atoms with Crippen LogP contribution in [0.2, 0.25) is 0 Å². The maximum atomic E-state index is 13.2. The maximum absolute atomic E-state index is 13.2. The molecule has 0 saturated carbocycles. The van der Waals surface area contributed by atoms with Crippen LogP contribution in [-0.2, 0) is 6.54 Å². The highest BCUT2D eigenvalue weighted by molar-refractivity contribution is 5.97. The summed E-state index contributed by atoms with van der Waals surface area (Å²) in [5, 5.41) is 9.34. The van der Waals surface area contributed by atoms with Gasteiger partial charge in [0, 0.05) is 23.4 Å². The van der Waals surface area contributed by atoms with Gasteiger partial charge in [0.05, 0.1) is 38.1 Å². The molecule has 0 unspecified atom stereocenters. The van der Waals surface area contributed by atoms with Crippen LogP contribution in [0, 0.1) is 0 Å². The van der Waals surface area contributed by atoms with Crippen LogP contribution in [0.25, 0.3) is 28.0 Å².